The van der Waals surface area contributed by atoms with Crippen LogP contribution in [0.5, 0.6) is 0 Å². The number of amides is 3. The molecule has 0 atom stereocenters. The van der Waals surface area contributed by atoms with Crippen LogP contribution in [0.4, 0.5) is 20.7 Å². The van der Waals surface area contributed by atoms with Crippen LogP contribution in [0.25, 0.3) is 16.9 Å². The molecule has 0 saturated carbocycles. The number of carbonyl (C=O) groups is 2. The number of benzene rings is 3. The fraction of sp³-hybridized carbons (Fsp3) is 0.258. The Balaban J connectivity index is 1.56. The molecule has 3 aromatic carbocycles. The van der Waals surface area contributed by atoms with Crippen molar-refractivity contribution in [2.75, 3.05) is 23.7 Å². The largest absolute Gasteiger partial charge is 0.322 e. The third-order valence-electron chi connectivity index (χ3n) is 6.41. The fourth-order valence-corrected chi connectivity index (χ4v) is 4.30. The van der Waals surface area contributed by atoms with Crippen molar-refractivity contribution >= 4 is 23.4 Å². The highest BCUT2D eigenvalue weighted by molar-refractivity contribution is 5.97. The molecule has 0 aliphatic heterocycles. The van der Waals surface area contributed by atoms with Crippen molar-refractivity contribution < 1.29 is 14.0 Å². The first-order chi connectivity index (χ1) is 19.0. The van der Waals surface area contributed by atoms with Gasteiger partial charge in [-0.2, -0.15) is 5.10 Å². The monoisotopic (exact) mass is 527 g/mol. The number of anilines is 2. The van der Waals surface area contributed by atoms with Gasteiger partial charge in [-0.1, -0.05) is 75.2 Å². The van der Waals surface area contributed by atoms with Gasteiger partial charge in [-0.05, 0) is 48.7 Å². The first-order valence-corrected chi connectivity index (χ1v) is 13.3. The fourth-order valence-electron chi connectivity index (χ4n) is 4.30. The van der Waals surface area contributed by atoms with Gasteiger partial charge in [-0.15, -0.1) is 0 Å². The number of halogens is 1. The maximum atomic E-state index is 13.6. The van der Waals surface area contributed by atoms with E-state index in [1.54, 1.807) is 22.9 Å². The summed E-state index contributed by atoms with van der Waals surface area (Å²) < 4.78 is 15.2. The molecule has 7 nitrogen and oxygen atoms in total. The second-order valence-corrected chi connectivity index (χ2v) is 9.29. The standard InChI is InChI=1S/C31H34FN5O2/c1-3-5-11-20-36(31(39)33-27-15-10-9-12-23(27)4-2)22-30(38)34-29-21-28(24-13-7-6-8-14-24)35-37(29)26-18-16-25(32)17-19-26/h6-10,12-19,21H,3-5,11,20,22H2,1-2H3,(H,33,39)(H,34,38). The average molecular weight is 528 g/mol. The van der Waals surface area contributed by atoms with Gasteiger partial charge >= 0.3 is 6.03 Å². The van der Waals surface area contributed by atoms with Crippen LogP contribution in [-0.2, 0) is 11.2 Å². The van der Waals surface area contributed by atoms with Crippen molar-refractivity contribution in [3.63, 3.8) is 0 Å². The molecule has 0 radical (unpaired) electrons. The van der Waals surface area contributed by atoms with Gasteiger partial charge in [0.05, 0.1) is 11.4 Å². The number of urea groups is 1. The molecule has 1 aromatic heterocycles. The van der Waals surface area contributed by atoms with Crippen molar-refractivity contribution in [1.29, 1.82) is 0 Å². The van der Waals surface area contributed by atoms with E-state index in [1.165, 1.54) is 17.0 Å². The summed E-state index contributed by atoms with van der Waals surface area (Å²) in [4.78, 5) is 28.1. The number of aromatic nitrogens is 2. The minimum absolute atomic E-state index is 0.126. The number of rotatable bonds is 11. The summed E-state index contributed by atoms with van der Waals surface area (Å²) in [6.07, 6.45) is 3.52. The SMILES string of the molecule is CCCCCN(CC(=O)Nc1cc(-c2ccccc2)nn1-c1ccc(F)cc1)C(=O)Nc1ccccc1CC. The highest BCUT2D eigenvalue weighted by Gasteiger charge is 2.20. The van der Waals surface area contributed by atoms with Gasteiger partial charge < -0.3 is 15.5 Å². The van der Waals surface area contributed by atoms with E-state index in [1.807, 2.05) is 61.5 Å². The second-order valence-electron chi connectivity index (χ2n) is 9.29. The van der Waals surface area contributed by atoms with Crippen molar-refractivity contribution in [2.45, 2.75) is 39.5 Å². The van der Waals surface area contributed by atoms with Crippen LogP contribution in [0, 0.1) is 5.82 Å². The molecule has 2 N–H and O–H groups in total. The summed E-state index contributed by atoms with van der Waals surface area (Å²) in [5.41, 5.74) is 3.91. The molecule has 1 heterocycles. The lowest BCUT2D eigenvalue weighted by Gasteiger charge is -2.23. The van der Waals surface area contributed by atoms with E-state index in [9.17, 15) is 14.0 Å². The number of hydrogen-bond donors (Lipinski definition) is 2. The minimum atomic E-state index is -0.363. The molecule has 202 valence electrons. The van der Waals surface area contributed by atoms with Gasteiger partial charge in [-0.3, -0.25) is 4.79 Å². The summed E-state index contributed by atoms with van der Waals surface area (Å²) in [7, 11) is 0. The Bertz CT molecular complexity index is 1390. The van der Waals surface area contributed by atoms with Gasteiger partial charge in [0.2, 0.25) is 5.91 Å². The Kier molecular flexibility index (Phi) is 9.45. The zero-order chi connectivity index (χ0) is 27.6. The number of nitrogens with one attached hydrogen (secondary N) is 2. The Morgan fingerprint density at radius 2 is 1.62 bits per heavy atom. The average Bonchev–Trinajstić information content (AvgIpc) is 3.37. The molecule has 39 heavy (non-hydrogen) atoms. The third kappa shape index (κ3) is 7.31. The van der Waals surface area contributed by atoms with E-state index in [0.717, 1.165) is 42.5 Å². The summed E-state index contributed by atoms with van der Waals surface area (Å²) in [5, 5.41) is 10.6. The summed E-state index contributed by atoms with van der Waals surface area (Å²) in [5.74, 6) is -0.290. The van der Waals surface area contributed by atoms with Gasteiger partial charge in [0.1, 0.15) is 18.2 Å². The highest BCUT2D eigenvalue weighted by Crippen LogP contribution is 2.25. The van der Waals surface area contributed by atoms with Gasteiger partial charge in [0.15, 0.2) is 0 Å². The molecule has 0 aliphatic carbocycles. The van der Waals surface area contributed by atoms with E-state index in [-0.39, 0.29) is 24.3 Å². The van der Waals surface area contributed by atoms with E-state index in [2.05, 4.69) is 22.7 Å². The lowest BCUT2D eigenvalue weighted by atomic mass is 10.1. The van der Waals surface area contributed by atoms with Crippen molar-refractivity contribution in [2.24, 2.45) is 0 Å². The predicted molar refractivity (Wildman–Crippen MR) is 154 cm³/mol. The van der Waals surface area contributed by atoms with E-state index < -0.39 is 0 Å². The molecule has 4 rings (SSSR count). The Morgan fingerprint density at radius 3 is 2.33 bits per heavy atom. The number of para-hydroxylation sites is 1. The molecule has 3 amide bonds. The van der Waals surface area contributed by atoms with Crippen LogP contribution >= 0.6 is 0 Å². The van der Waals surface area contributed by atoms with Gasteiger partial charge in [-0.25, -0.2) is 13.9 Å². The Labute approximate surface area is 228 Å². The van der Waals surface area contributed by atoms with Crippen LogP contribution in [-0.4, -0.2) is 39.7 Å². The van der Waals surface area contributed by atoms with Gasteiger partial charge in [0.25, 0.3) is 0 Å². The quantitative estimate of drug-likeness (QED) is 0.208. The topological polar surface area (TPSA) is 79.3 Å². The lowest BCUT2D eigenvalue weighted by Crippen LogP contribution is -2.41. The Hall–Kier alpha value is -4.46. The van der Waals surface area contributed by atoms with Gasteiger partial charge in [0, 0.05) is 23.9 Å². The summed E-state index contributed by atoms with van der Waals surface area (Å²) in [6.45, 7) is 4.45. The summed E-state index contributed by atoms with van der Waals surface area (Å²) in [6, 6.07) is 24.6. The zero-order valence-electron chi connectivity index (χ0n) is 22.4. The van der Waals surface area contributed by atoms with Crippen LogP contribution < -0.4 is 10.6 Å². The predicted octanol–water partition coefficient (Wildman–Crippen LogP) is 6.90. The van der Waals surface area contributed by atoms with E-state index in [0.29, 0.717) is 23.7 Å². The number of unbranched alkanes of at least 4 members (excludes halogenated alkanes) is 2. The molecule has 4 aromatic rings. The van der Waals surface area contributed by atoms with Crippen molar-refractivity contribution in [3.05, 3.63) is 96.3 Å². The normalized spacial score (nSPS) is 10.7. The summed E-state index contributed by atoms with van der Waals surface area (Å²) >= 11 is 0. The van der Waals surface area contributed by atoms with Crippen LogP contribution in [0.3, 0.4) is 0 Å². The van der Waals surface area contributed by atoms with Crippen molar-refractivity contribution in [1.82, 2.24) is 14.7 Å². The smallest absolute Gasteiger partial charge is 0.315 e. The molecule has 0 fully saturated rings. The third-order valence-corrected chi connectivity index (χ3v) is 6.41. The maximum Gasteiger partial charge on any atom is 0.322 e. The minimum Gasteiger partial charge on any atom is -0.315 e. The van der Waals surface area contributed by atoms with E-state index in [4.69, 9.17) is 0 Å². The number of carbonyl (C=O) groups excluding carboxylic acids is 2. The zero-order valence-corrected chi connectivity index (χ0v) is 22.4. The number of hydrogen-bond acceptors (Lipinski definition) is 3. The van der Waals surface area contributed by atoms with Crippen molar-refractivity contribution in [3.8, 4) is 16.9 Å². The first kappa shape index (κ1) is 27.6. The van der Waals surface area contributed by atoms with Crippen LogP contribution in [0.1, 0.15) is 38.7 Å². The van der Waals surface area contributed by atoms with Crippen LogP contribution in [0.2, 0.25) is 0 Å². The lowest BCUT2D eigenvalue weighted by molar-refractivity contribution is -0.116. The van der Waals surface area contributed by atoms with Crippen LogP contribution in [0.15, 0.2) is 84.9 Å². The molecule has 0 aliphatic rings. The molecule has 0 bridgehead atoms. The van der Waals surface area contributed by atoms with E-state index >= 15 is 0 Å². The molecule has 8 heteroatoms. The molecule has 0 spiro atoms. The maximum absolute atomic E-state index is 13.6. The molecule has 0 saturated heterocycles. The molecular formula is C31H34FN5O2. The highest BCUT2D eigenvalue weighted by atomic mass is 19.1. The molecular weight excluding hydrogens is 493 g/mol. The molecule has 0 unspecified atom stereocenters. The Morgan fingerprint density at radius 1 is 0.897 bits per heavy atom. The second kappa shape index (κ2) is 13.4. The first-order valence-electron chi connectivity index (χ1n) is 13.3. The number of nitrogens with zero attached hydrogens (tertiary/aromatic N) is 3. The number of aryl methyl sites for hydroxylation is 1.